The van der Waals surface area contributed by atoms with Gasteiger partial charge in [0.1, 0.15) is 5.82 Å². The van der Waals surface area contributed by atoms with Crippen LogP contribution in [0.2, 0.25) is 0 Å². The molecule has 22 heavy (non-hydrogen) atoms. The zero-order valence-corrected chi connectivity index (χ0v) is 12.9. The fraction of sp³-hybridized carbons (Fsp3) is 0.235. The van der Waals surface area contributed by atoms with Crippen LogP contribution in [0.25, 0.3) is 0 Å². The second-order valence-corrected chi connectivity index (χ2v) is 5.28. The third-order valence-corrected chi connectivity index (χ3v) is 3.16. The van der Waals surface area contributed by atoms with Crippen molar-refractivity contribution in [1.29, 1.82) is 0 Å². The number of anilines is 1. The number of carbonyl (C=O) groups is 2. The predicted octanol–water partition coefficient (Wildman–Crippen LogP) is 2.38. The third-order valence-electron chi connectivity index (χ3n) is 3.16. The summed E-state index contributed by atoms with van der Waals surface area (Å²) in [6, 6.07) is 9.24. The van der Waals surface area contributed by atoms with Gasteiger partial charge in [0.15, 0.2) is 0 Å². The summed E-state index contributed by atoms with van der Waals surface area (Å²) in [7, 11) is 0. The van der Waals surface area contributed by atoms with E-state index in [1.165, 1.54) is 0 Å². The van der Waals surface area contributed by atoms with Crippen molar-refractivity contribution < 1.29 is 9.59 Å². The second-order valence-electron chi connectivity index (χ2n) is 5.28. The van der Waals surface area contributed by atoms with Gasteiger partial charge >= 0.3 is 0 Å². The number of benzene rings is 1. The fourth-order valence-electron chi connectivity index (χ4n) is 2.16. The van der Waals surface area contributed by atoms with E-state index >= 15 is 0 Å². The van der Waals surface area contributed by atoms with Gasteiger partial charge in [-0.1, -0.05) is 23.3 Å². The molecule has 0 aliphatic carbocycles. The number of aromatic nitrogens is 1. The summed E-state index contributed by atoms with van der Waals surface area (Å²) >= 11 is 0. The number of amides is 2. The van der Waals surface area contributed by atoms with Crippen molar-refractivity contribution in [2.45, 2.75) is 20.8 Å². The molecule has 1 heterocycles. The van der Waals surface area contributed by atoms with E-state index in [1.807, 2.05) is 32.9 Å². The molecule has 0 aliphatic heterocycles. The predicted molar refractivity (Wildman–Crippen MR) is 85.9 cm³/mol. The first-order valence-electron chi connectivity index (χ1n) is 7.03. The van der Waals surface area contributed by atoms with E-state index in [1.54, 1.807) is 24.4 Å². The van der Waals surface area contributed by atoms with Crippen molar-refractivity contribution in [3.63, 3.8) is 0 Å². The van der Waals surface area contributed by atoms with Gasteiger partial charge in [-0.25, -0.2) is 4.98 Å². The Balaban J connectivity index is 1.93. The molecule has 0 saturated carbocycles. The molecule has 2 amide bonds. The van der Waals surface area contributed by atoms with Gasteiger partial charge < -0.3 is 10.6 Å². The van der Waals surface area contributed by atoms with Crippen LogP contribution in [0.15, 0.2) is 36.5 Å². The fourth-order valence-corrected chi connectivity index (χ4v) is 2.16. The summed E-state index contributed by atoms with van der Waals surface area (Å²) in [5.41, 5.74) is 3.45. The first-order valence-corrected chi connectivity index (χ1v) is 7.03. The van der Waals surface area contributed by atoms with E-state index < -0.39 is 0 Å². The van der Waals surface area contributed by atoms with Gasteiger partial charge in [0.25, 0.3) is 5.91 Å². The average Bonchev–Trinajstić information content (AvgIpc) is 2.46. The zero-order chi connectivity index (χ0) is 16.1. The van der Waals surface area contributed by atoms with Crippen LogP contribution in [0.3, 0.4) is 0 Å². The Morgan fingerprint density at radius 1 is 1.09 bits per heavy atom. The Hall–Kier alpha value is -2.69. The van der Waals surface area contributed by atoms with E-state index in [0.717, 1.165) is 16.7 Å². The maximum absolute atomic E-state index is 12.1. The summed E-state index contributed by atoms with van der Waals surface area (Å²) in [6.07, 6.45) is 1.61. The highest BCUT2D eigenvalue weighted by Crippen LogP contribution is 2.09. The highest BCUT2D eigenvalue weighted by molar-refractivity contribution is 5.99. The van der Waals surface area contributed by atoms with Crippen LogP contribution in [0.5, 0.6) is 0 Å². The number of pyridine rings is 1. The maximum Gasteiger partial charge on any atom is 0.251 e. The SMILES string of the molecule is Cc1cc(C)cc(C(=O)NCC(=O)Nc2ncccc2C)c1. The summed E-state index contributed by atoms with van der Waals surface area (Å²) in [4.78, 5) is 28.0. The third kappa shape index (κ3) is 4.15. The molecule has 0 fully saturated rings. The van der Waals surface area contributed by atoms with E-state index in [4.69, 9.17) is 0 Å². The molecule has 0 aliphatic rings. The van der Waals surface area contributed by atoms with Gasteiger partial charge in [0.05, 0.1) is 6.54 Å². The van der Waals surface area contributed by atoms with Crippen molar-refractivity contribution in [3.05, 3.63) is 58.8 Å². The molecule has 5 nitrogen and oxygen atoms in total. The monoisotopic (exact) mass is 297 g/mol. The van der Waals surface area contributed by atoms with Crippen molar-refractivity contribution in [1.82, 2.24) is 10.3 Å². The van der Waals surface area contributed by atoms with Gasteiger partial charge in [0, 0.05) is 11.8 Å². The second kappa shape index (κ2) is 6.85. The Labute approximate surface area is 129 Å². The average molecular weight is 297 g/mol. The summed E-state index contributed by atoms with van der Waals surface area (Å²) in [5, 5.41) is 5.29. The largest absolute Gasteiger partial charge is 0.343 e. The maximum atomic E-state index is 12.1. The van der Waals surface area contributed by atoms with Crippen LogP contribution in [0.4, 0.5) is 5.82 Å². The van der Waals surface area contributed by atoms with Crippen molar-refractivity contribution in [2.75, 3.05) is 11.9 Å². The minimum atomic E-state index is -0.306. The van der Waals surface area contributed by atoms with Crippen LogP contribution in [-0.2, 0) is 4.79 Å². The Morgan fingerprint density at radius 3 is 2.41 bits per heavy atom. The number of rotatable bonds is 4. The minimum absolute atomic E-state index is 0.0954. The standard InChI is InChI=1S/C17H19N3O2/c1-11-7-12(2)9-14(8-11)17(22)19-10-15(21)20-16-13(3)5-4-6-18-16/h4-9H,10H2,1-3H3,(H,19,22)(H,18,20,21). The molecule has 0 spiro atoms. The van der Waals surface area contributed by atoms with Gasteiger partial charge in [-0.05, 0) is 44.5 Å². The molecule has 0 saturated heterocycles. The van der Waals surface area contributed by atoms with Gasteiger partial charge in [-0.2, -0.15) is 0 Å². The van der Waals surface area contributed by atoms with E-state index in [-0.39, 0.29) is 18.4 Å². The lowest BCUT2D eigenvalue weighted by Gasteiger charge is -2.09. The molecule has 1 aromatic heterocycles. The molecule has 2 rings (SSSR count). The number of aryl methyl sites for hydroxylation is 3. The van der Waals surface area contributed by atoms with Gasteiger partial charge in [-0.15, -0.1) is 0 Å². The Kier molecular flexibility index (Phi) is 4.88. The summed E-state index contributed by atoms with van der Waals surface area (Å²) in [5.74, 6) is -0.0626. The molecule has 5 heteroatoms. The lowest BCUT2D eigenvalue weighted by Crippen LogP contribution is -2.33. The molecule has 2 N–H and O–H groups in total. The van der Waals surface area contributed by atoms with Gasteiger partial charge in [0.2, 0.25) is 5.91 Å². The zero-order valence-electron chi connectivity index (χ0n) is 12.9. The number of hydrogen-bond acceptors (Lipinski definition) is 3. The quantitative estimate of drug-likeness (QED) is 0.910. The number of nitrogens with zero attached hydrogens (tertiary/aromatic N) is 1. The summed E-state index contributed by atoms with van der Waals surface area (Å²) in [6.45, 7) is 5.62. The number of carbonyl (C=O) groups excluding carboxylic acids is 2. The summed E-state index contributed by atoms with van der Waals surface area (Å²) < 4.78 is 0. The minimum Gasteiger partial charge on any atom is -0.343 e. The lowest BCUT2D eigenvalue weighted by atomic mass is 10.1. The Morgan fingerprint density at radius 2 is 1.77 bits per heavy atom. The van der Waals surface area contributed by atoms with Crippen molar-refractivity contribution >= 4 is 17.6 Å². The van der Waals surface area contributed by atoms with Crippen LogP contribution in [0, 0.1) is 20.8 Å². The van der Waals surface area contributed by atoms with Crippen LogP contribution >= 0.6 is 0 Å². The number of nitrogens with one attached hydrogen (secondary N) is 2. The van der Waals surface area contributed by atoms with Crippen LogP contribution < -0.4 is 10.6 Å². The van der Waals surface area contributed by atoms with E-state index in [2.05, 4.69) is 15.6 Å². The van der Waals surface area contributed by atoms with E-state index in [9.17, 15) is 9.59 Å². The highest BCUT2D eigenvalue weighted by Gasteiger charge is 2.10. The topological polar surface area (TPSA) is 71.1 Å². The number of hydrogen-bond donors (Lipinski definition) is 2. The molecule has 1 aromatic carbocycles. The van der Waals surface area contributed by atoms with Crippen molar-refractivity contribution in [2.24, 2.45) is 0 Å². The smallest absolute Gasteiger partial charge is 0.251 e. The highest BCUT2D eigenvalue weighted by atomic mass is 16.2. The van der Waals surface area contributed by atoms with Crippen LogP contribution in [0.1, 0.15) is 27.0 Å². The van der Waals surface area contributed by atoms with E-state index in [0.29, 0.717) is 11.4 Å². The van der Waals surface area contributed by atoms with Crippen LogP contribution in [-0.4, -0.2) is 23.3 Å². The molecule has 0 radical (unpaired) electrons. The molecule has 114 valence electrons. The molecule has 0 bridgehead atoms. The Bertz CT molecular complexity index is 691. The van der Waals surface area contributed by atoms with Gasteiger partial charge in [-0.3, -0.25) is 9.59 Å². The molecule has 0 unspecified atom stereocenters. The molecule has 2 aromatic rings. The first kappa shape index (κ1) is 15.7. The lowest BCUT2D eigenvalue weighted by molar-refractivity contribution is -0.115. The molecule has 0 atom stereocenters. The first-order chi connectivity index (χ1) is 10.5. The molecular formula is C17H19N3O2. The normalized spacial score (nSPS) is 10.1. The van der Waals surface area contributed by atoms with Crippen molar-refractivity contribution in [3.8, 4) is 0 Å². The molecular weight excluding hydrogens is 278 g/mol.